The Morgan fingerprint density at radius 1 is 1.59 bits per heavy atom. The largest absolute Gasteiger partial charge is 0.463 e. The van der Waals surface area contributed by atoms with Crippen LogP contribution in [0.15, 0.2) is 10.9 Å². The number of carbonyl (C=O) groups is 1. The Morgan fingerprint density at radius 2 is 2.18 bits per heavy atom. The van der Waals surface area contributed by atoms with Gasteiger partial charge in [-0.25, -0.2) is 18.6 Å². The van der Waals surface area contributed by atoms with E-state index in [-0.39, 0.29) is 0 Å². The lowest BCUT2D eigenvalue weighted by atomic mass is 10.2. The van der Waals surface area contributed by atoms with E-state index in [9.17, 15) is 28.5 Å². The summed E-state index contributed by atoms with van der Waals surface area (Å²) in [6.07, 6.45) is -3.24. The van der Waals surface area contributed by atoms with Crippen molar-refractivity contribution in [3.05, 3.63) is 37.7 Å². The van der Waals surface area contributed by atoms with E-state index >= 15 is 0 Å². The summed E-state index contributed by atoms with van der Waals surface area (Å²) in [5, 5.41) is 10.4. The van der Waals surface area contributed by atoms with Crippen LogP contribution in [0.1, 0.15) is 22.5 Å². The van der Waals surface area contributed by atoms with Gasteiger partial charge in [0.15, 0.2) is 5.43 Å². The van der Waals surface area contributed by atoms with Gasteiger partial charge in [-0.05, 0) is 4.92 Å². The molecule has 9 heteroatoms. The number of aromatic amines is 1. The Balaban J connectivity index is 3.56. The van der Waals surface area contributed by atoms with Crippen molar-refractivity contribution in [2.24, 2.45) is 0 Å². The van der Waals surface area contributed by atoms with Crippen LogP contribution in [0.4, 0.5) is 14.6 Å². The number of methoxy groups -OCH3 is 1. The van der Waals surface area contributed by atoms with Gasteiger partial charge in [0.2, 0.25) is 5.69 Å². The monoisotopic (exact) mass is 248 g/mol. The number of nitrogens with one attached hydrogen (secondary N) is 1. The Morgan fingerprint density at radius 3 is 2.59 bits per heavy atom. The topological polar surface area (TPSA) is 102 Å². The van der Waals surface area contributed by atoms with Gasteiger partial charge in [-0.1, -0.05) is 0 Å². The molecule has 0 aliphatic heterocycles. The SMILES string of the molecule is COC(=O)c1[nH]c([N+](=O)[O-])cc(=O)c1C(F)F. The normalized spacial score (nSPS) is 10.4. The van der Waals surface area contributed by atoms with E-state index in [1.807, 2.05) is 4.98 Å². The number of esters is 1. The molecule has 1 aromatic rings. The second kappa shape index (κ2) is 4.68. The highest BCUT2D eigenvalue weighted by atomic mass is 19.3. The number of halogens is 2. The first kappa shape index (κ1) is 12.7. The Hall–Kier alpha value is -2.32. The van der Waals surface area contributed by atoms with Gasteiger partial charge < -0.3 is 14.9 Å². The second-order valence-corrected chi connectivity index (χ2v) is 2.86. The van der Waals surface area contributed by atoms with E-state index in [2.05, 4.69) is 4.74 Å². The van der Waals surface area contributed by atoms with Gasteiger partial charge in [-0.15, -0.1) is 0 Å². The molecule has 1 N–H and O–H groups in total. The summed E-state index contributed by atoms with van der Waals surface area (Å²) in [6, 6.07) is 0.383. The first-order chi connectivity index (χ1) is 7.88. The van der Waals surface area contributed by atoms with Crippen LogP contribution in [0, 0.1) is 10.1 Å². The Kier molecular flexibility index (Phi) is 3.51. The summed E-state index contributed by atoms with van der Waals surface area (Å²) in [5.41, 5.74) is -3.37. The van der Waals surface area contributed by atoms with E-state index in [0.29, 0.717) is 6.07 Å². The number of hydrogen-bond acceptors (Lipinski definition) is 5. The molecule has 0 spiro atoms. The van der Waals surface area contributed by atoms with Crippen LogP contribution < -0.4 is 5.43 Å². The molecule has 1 rings (SSSR count). The minimum atomic E-state index is -3.24. The van der Waals surface area contributed by atoms with Crippen molar-refractivity contribution in [1.82, 2.24) is 4.98 Å². The van der Waals surface area contributed by atoms with Crippen molar-refractivity contribution >= 4 is 11.8 Å². The maximum Gasteiger partial charge on any atom is 0.378 e. The lowest BCUT2D eigenvalue weighted by molar-refractivity contribution is -0.389. The molecule has 0 unspecified atom stereocenters. The third-order valence-corrected chi connectivity index (χ3v) is 1.86. The molecule has 0 radical (unpaired) electrons. The smallest absolute Gasteiger partial charge is 0.378 e. The fraction of sp³-hybridized carbons (Fsp3) is 0.250. The Bertz CT molecular complexity index is 525. The number of H-pyrrole nitrogens is 1. The number of aromatic nitrogens is 1. The minimum absolute atomic E-state index is 0.383. The molecule has 0 aliphatic rings. The van der Waals surface area contributed by atoms with Crippen molar-refractivity contribution in [1.29, 1.82) is 0 Å². The van der Waals surface area contributed by atoms with Gasteiger partial charge >= 0.3 is 11.8 Å². The quantitative estimate of drug-likeness (QED) is 0.488. The van der Waals surface area contributed by atoms with E-state index in [1.165, 1.54) is 0 Å². The summed E-state index contributed by atoms with van der Waals surface area (Å²) in [6.45, 7) is 0. The molecular formula is C8H6F2N2O5. The number of rotatable bonds is 3. The van der Waals surface area contributed by atoms with Crippen LogP contribution in [0.3, 0.4) is 0 Å². The highest BCUT2D eigenvalue weighted by Crippen LogP contribution is 2.20. The van der Waals surface area contributed by atoms with Crippen molar-refractivity contribution in [3.63, 3.8) is 0 Å². The number of nitro groups is 1. The predicted molar refractivity (Wildman–Crippen MR) is 50.0 cm³/mol. The van der Waals surface area contributed by atoms with E-state index in [1.54, 1.807) is 0 Å². The zero-order chi connectivity index (χ0) is 13.2. The third kappa shape index (κ3) is 2.44. The summed E-state index contributed by atoms with van der Waals surface area (Å²) in [4.78, 5) is 33.5. The van der Waals surface area contributed by atoms with E-state index in [0.717, 1.165) is 7.11 Å². The highest BCUT2D eigenvalue weighted by molar-refractivity contribution is 5.89. The van der Waals surface area contributed by atoms with E-state index < -0.39 is 39.8 Å². The van der Waals surface area contributed by atoms with Gasteiger partial charge in [0.25, 0.3) is 6.43 Å². The van der Waals surface area contributed by atoms with Crippen LogP contribution in [0.5, 0.6) is 0 Å². The van der Waals surface area contributed by atoms with Gasteiger partial charge in [-0.3, -0.25) is 4.79 Å². The first-order valence-electron chi connectivity index (χ1n) is 4.16. The molecule has 0 amide bonds. The molecule has 0 bridgehead atoms. The average Bonchev–Trinajstić information content (AvgIpc) is 2.26. The number of hydrogen-bond donors (Lipinski definition) is 1. The van der Waals surface area contributed by atoms with Crippen molar-refractivity contribution in [3.8, 4) is 0 Å². The number of ether oxygens (including phenoxy) is 1. The van der Waals surface area contributed by atoms with E-state index in [4.69, 9.17) is 0 Å². The molecule has 0 aromatic carbocycles. The zero-order valence-electron chi connectivity index (χ0n) is 8.40. The van der Waals surface area contributed by atoms with Gasteiger partial charge in [-0.2, -0.15) is 0 Å². The van der Waals surface area contributed by atoms with Crippen molar-refractivity contribution in [2.75, 3.05) is 7.11 Å². The summed E-state index contributed by atoms with van der Waals surface area (Å²) < 4.78 is 29.2. The molecule has 1 heterocycles. The number of pyridine rings is 1. The lowest BCUT2D eigenvalue weighted by Gasteiger charge is -2.04. The second-order valence-electron chi connectivity index (χ2n) is 2.86. The van der Waals surface area contributed by atoms with Crippen LogP contribution >= 0.6 is 0 Å². The fourth-order valence-corrected chi connectivity index (χ4v) is 1.13. The minimum Gasteiger partial charge on any atom is -0.463 e. The van der Waals surface area contributed by atoms with Crippen LogP contribution in [-0.2, 0) is 4.74 Å². The molecule has 0 fully saturated rings. The molecule has 7 nitrogen and oxygen atoms in total. The molecule has 0 saturated heterocycles. The number of carbonyl (C=O) groups excluding carboxylic acids is 1. The van der Waals surface area contributed by atoms with Crippen LogP contribution in [0.2, 0.25) is 0 Å². The lowest BCUT2D eigenvalue weighted by Crippen LogP contribution is -2.19. The van der Waals surface area contributed by atoms with Gasteiger partial charge in [0, 0.05) is 0 Å². The molecule has 0 aliphatic carbocycles. The fourth-order valence-electron chi connectivity index (χ4n) is 1.13. The molecular weight excluding hydrogens is 242 g/mol. The molecule has 92 valence electrons. The maximum atomic E-state index is 12.5. The first-order valence-corrected chi connectivity index (χ1v) is 4.16. The maximum absolute atomic E-state index is 12.5. The van der Waals surface area contributed by atoms with Crippen LogP contribution in [0.25, 0.3) is 0 Å². The summed E-state index contributed by atoms with van der Waals surface area (Å²) >= 11 is 0. The highest BCUT2D eigenvalue weighted by Gasteiger charge is 2.28. The summed E-state index contributed by atoms with van der Waals surface area (Å²) in [5.74, 6) is -2.14. The number of alkyl halides is 2. The van der Waals surface area contributed by atoms with Gasteiger partial charge in [0.1, 0.15) is 5.56 Å². The van der Waals surface area contributed by atoms with Gasteiger partial charge in [0.05, 0.1) is 13.2 Å². The van der Waals surface area contributed by atoms with Crippen molar-refractivity contribution < 1.29 is 23.2 Å². The zero-order valence-corrected chi connectivity index (χ0v) is 8.40. The summed E-state index contributed by atoms with van der Waals surface area (Å²) in [7, 11) is 0.898. The average molecular weight is 248 g/mol. The Labute approximate surface area is 92.2 Å². The predicted octanol–water partition coefficient (Wildman–Crippen LogP) is 1.01. The third-order valence-electron chi connectivity index (χ3n) is 1.86. The number of nitrogens with zero attached hydrogens (tertiary/aromatic N) is 1. The molecule has 0 atom stereocenters. The molecule has 1 aromatic heterocycles. The molecule has 0 saturated carbocycles. The molecule has 17 heavy (non-hydrogen) atoms. The van der Waals surface area contributed by atoms with Crippen LogP contribution in [-0.4, -0.2) is 23.0 Å². The van der Waals surface area contributed by atoms with Crippen molar-refractivity contribution in [2.45, 2.75) is 6.43 Å². The standard InChI is InChI=1S/C8H6F2N2O5/c1-17-8(14)6-5(7(9)10)3(13)2-4(11-6)12(15)16/h2,7H,1H3,(H,11,13).